The number of benzene rings is 1. The van der Waals surface area contributed by atoms with Gasteiger partial charge in [-0.3, -0.25) is 0 Å². The second-order valence-electron chi connectivity index (χ2n) is 3.51. The fourth-order valence-corrected chi connectivity index (χ4v) is 1.33. The number of nitrogens with zero attached hydrogens (tertiary/aromatic N) is 1. The lowest BCUT2D eigenvalue weighted by Crippen LogP contribution is -2.26. The van der Waals surface area contributed by atoms with Crippen molar-refractivity contribution in [3.8, 4) is 0 Å². The molecule has 0 saturated carbocycles. The van der Waals surface area contributed by atoms with E-state index in [1.165, 1.54) is 0 Å². The Morgan fingerprint density at radius 2 is 1.93 bits per heavy atom. The standard InChI is InChI=1S/C11H15NO2/c1-8(12(2)3)9-6-4-5-7-10(9)11(13)14/h4-8H,1-3H3,(H,13,14)/p-1. The zero-order valence-corrected chi connectivity index (χ0v) is 8.65. The SMILES string of the molecule is CC(c1ccccc1C(=O)[O-])N(C)C. The van der Waals surface area contributed by atoms with E-state index in [2.05, 4.69) is 0 Å². The molecular formula is C11H14NO2-. The predicted octanol–water partition coefficient (Wildman–Crippen LogP) is 0.673. The van der Waals surface area contributed by atoms with Crippen molar-refractivity contribution in [2.45, 2.75) is 13.0 Å². The third kappa shape index (κ3) is 2.12. The Hall–Kier alpha value is -1.35. The van der Waals surface area contributed by atoms with Crippen LogP contribution < -0.4 is 5.11 Å². The van der Waals surface area contributed by atoms with Gasteiger partial charge in [-0.1, -0.05) is 24.3 Å². The number of carbonyl (C=O) groups is 1. The molecule has 76 valence electrons. The lowest BCUT2D eigenvalue weighted by atomic mass is 10.0. The minimum absolute atomic E-state index is 0.0732. The van der Waals surface area contributed by atoms with Gasteiger partial charge in [0.15, 0.2) is 0 Å². The first-order valence-corrected chi connectivity index (χ1v) is 4.50. The molecule has 0 amide bonds. The van der Waals surface area contributed by atoms with Gasteiger partial charge < -0.3 is 14.8 Å². The van der Waals surface area contributed by atoms with Crippen LogP contribution in [0, 0.1) is 0 Å². The molecule has 0 bridgehead atoms. The van der Waals surface area contributed by atoms with E-state index in [1.54, 1.807) is 12.1 Å². The highest BCUT2D eigenvalue weighted by Gasteiger charge is 2.11. The van der Waals surface area contributed by atoms with Crippen molar-refractivity contribution in [2.75, 3.05) is 14.1 Å². The van der Waals surface area contributed by atoms with E-state index in [0.717, 1.165) is 5.56 Å². The van der Waals surface area contributed by atoms with Crippen molar-refractivity contribution in [1.82, 2.24) is 4.90 Å². The first-order valence-electron chi connectivity index (χ1n) is 4.50. The zero-order chi connectivity index (χ0) is 10.7. The smallest absolute Gasteiger partial charge is 0.0718 e. The van der Waals surface area contributed by atoms with Gasteiger partial charge in [-0.15, -0.1) is 0 Å². The Bertz CT molecular complexity index is 334. The van der Waals surface area contributed by atoms with Crippen molar-refractivity contribution < 1.29 is 9.90 Å². The Morgan fingerprint density at radius 1 is 1.36 bits per heavy atom. The van der Waals surface area contributed by atoms with Crippen LogP contribution in [0.4, 0.5) is 0 Å². The van der Waals surface area contributed by atoms with E-state index < -0.39 is 5.97 Å². The molecule has 1 aromatic carbocycles. The predicted molar refractivity (Wildman–Crippen MR) is 52.9 cm³/mol. The molecule has 3 nitrogen and oxygen atoms in total. The van der Waals surface area contributed by atoms with E-state index in [4.69, 9.17) is 0 Å². The first-order chi connectivity index (χ1) is 6.54. The lowest BCUT2D eigenvalue weighted by Gasteiger charge is -2.23. The Kier molecular flexibility index (Phi) is 3.25. The van der Waals surface area contributed by atoms with Gasteiger partial charge in [0.1, 0.15) is 0 Å². The zero-order valence-electron chi connectivity index (χ0n) is 8.65. The molecule has 1 atom stereocenters. The number of carbonyl (C=O) groups excluding carboxylic acids is 1. The van der Waals surface area contributed by atoms with Gasteiger partial charge in [-0.25, -0.2) is 0 Å². The summed E-state index contributed by atoms with van der Waals surface area (Å²) in [6, 6.07) is 7.00. The molecule has 14 heavy (non-hydrogen) atoms. The molecule has 1 aromatic rings. The summed E-state index contributed by atoms with van der Waals surface area (Å²) in [6.45, 7) is 1.96. The molecule has 1 unspecified atom stereocenters. The van der Waals surface area contributed by atoms with Gasteiger partial charge >= 0.3 is 0 Å². The number of aromatic carboxylic acids is 1. The minimum Gasteiger partial charge on any atom is -0.545 e. The molecule has 0 spiro atoms. The molecule has 0 saturated heterocycles. The summed E-state index contributed by atoms with van der Waals surface area (Å²) in [5.41, 5.74) is 1.06. The molecule has 0 fully saturated rings. The van der Waals surface area contributed by atoms with Crippen molar-refractivity contribution in [3.63, 3.8) is 0 Å². The maximum absolute atomic E-state index is 10.8. The molecular weight excluding hydrogens is 178 g/mol. The maximum atomic E-state index is 10.8. The second kappa shape index (κ2) is 4.24. The first kappa shape index (κ1) is 10.7. The van der Waals surface area contributed by atoms with E-state index in [9.17, 15) is 9.90 Å². The average molecular weight is 192 g/mol. The summed E-state index contributed by atoms with van der Waals surface area (Å²) in [7, 11) is 3.83. The summed E-state index contributed by atoms with van der Waals surface area (Å²) < 4.78 is 0. The van der Waals surface area contributed by atoms with Crippen LogP contribution >= 0.6 is 0 Å². The van der Waals surface area contributed by atoms with Crippen LogP contribution in [0.5, 0.6) is 0 Å². The van der Waals surface area contributed by atoms with Crippen LogP contribution in [0.15, 0.2) is 24.3 Å². The van der Waals surface area contributed by atoms with Gasteiger partial charge in [0, 0.05) is 11.6 Å². The fraction of sp³-hybridized carbons (Fsp3) is 0.364. The van der Waals surface area contributed by atoms with Crippen molar-refractivity contribution >= 4 is 5.97 Å². The highest BCUT2D eigenvalue weighted by molar-refractivity contribution is 5.87. The van der Waals surface area contributed by atoms with Crippen LogP contribution in [0.2, 0.25) is 0 Å². The van der Waals surface area contributed by atoms with Gasteiger partial charge in [0.2, 0.25) is 0 Å². The largest absolute Gasteiger partial charge is 0.545 e. The number of rotatable bonds is 3. The third-order valence-electron chi connectivity index (χ3n) is 2.41. The number of carboxylic acid groups (broad SMARTS) is 1. The monoisotopic (exact) mass is 192 g/mol. The molecule has 0 N–H and O–H groups in total. The topological polar surface area (TPSA) is 43.4 Å². The maximum Gasteiger partial charge on any atom is 0.0718 e. The van der Waals surface area contributed by atoms with Crippen LogP contribution in [0.3, 0.4) is 0 Å². The Labute approximate surface area is 84.0 Å². The average Bonchev–Trinajstić information content (AvgIpc) is 2.16. The van der Waals surface area contributed by atoms with E-state index in [1.807, 2.05) is 38.1 Å². The summed E-state index contributed by atoms with van der Waals surface area (Å²) in [6.07, 6.45) is 0. The third-order valence-corrected chi connectivity index (χ3v) is 2.41. The lowest BCUT2D eigenvalue weighted by molar-refractivity contribution is -0.255. The van der Waals surface area contributed by atoms with Gasteiger partial charge in [0.05, 0.1) is 5.97 Å². The van der Waals surface area contributed by atoms with E-state index in [0.29, 0.717) is 0 Å². The molecule has 0 aromatic heterocycles. The molecule has 0 radical (unpaired) electrons. The van der Waals surface area contributed by atoms with Crippen LogP contribution in [0.25, 0.3) is 0 Å². The summed E-state index contributed by atoms with van der Waals surface area (Å²) in [4.78, 5) is 12.8. The molecule has 0 aliphatic rings. The van der Waals surface area contributed by atoms with Crippen molar-refractivity contribution in [3.05, 3.63) is 35.4 Å². The van der Waals surface area contributed by atoms with E-state index in [-0.39, 0.29) is 11.6 Å². The molecule has 0 aliphatic carbocycles. The second-order valence-corrected chi connectivity index (χ2v) is 3.51. The van der Waals surface area contributed by atoms with Gasteiger partial charge in [-0.05, 0) is 26.6 Å². The fourth-order valence-electron chi connectivity index (χ4n) is 1.33. The molecule has 1 rings (SSSR count). The quantitative estimate of drug-likeness (QED) is 0.707. The molecule has 3 heteroatoms. The van der Waals surface area contributed by atoms with E-state index >= 15 is 0 Å². The number of carboxylic acids is 1. The number of hydrogen-bond acceptors (Lipinski definition) is 3. The number of hydrogen-bond donors (Lipinski definition) is 0. The van der Waals surface area contributed by atoms with Crippen LogP contribution in [-0.2, 0) is 0 Å². The highest BCUT2D eigenvalue weighted by Crippen LogP contribution is 2.20. The molecule has 0 heterocycles. The summed E-state index contributed by atoms with van der Waals surface area (Å²) in [5, 5.41) is 10.8. The van der Waals surface area contributed by atoms with Gasteiger partial charge in [-0.2, -0.15) is 0 Å². The van der Waals surface area contributed by atoms with Crippen molar-refractivity contribution in [2.24, 2.45) is 0 Å². The normalized spacial score (nSPS) is 12.9. The highest BCUT2D eigenvalue weighted by atomic mass is 16.4. The Morgan fingerprint density at radius 3 is 2.43 bits per heavy atom. The van der Waals surface area contributed by atoms with Crippen LogP contribution in [0.1, 0.15) is 28.9 Å². The molecule has 0 aliphatic heterocycles. The van der Waals surface area contributed by atoms with Gasteiger partial charge in [0.25, 0.3) is 0 Å². The summed E-state index contributed by atoms with van der Waals surface area (Å²) >= 11 is 0. The minimum atomic E-state index is -1.12. The van der Waals surface area contributed by atoms with Crippen LogP contribution in [-0.4, -0.2) is 25.0 Å². The van der Waals surface area contributed by atoms with Crippen molar-refractivity contribution in [1.29, 1.82) is 0 Å². The summed E-state index contributed by atoms with van der Waals surface area (Å²) in [5.74, 6) is -1.12. The Balaban J connectivity index is 3.13.